The van der Waals surface area contributed by atoms with E-state index in [4.69, 9.17) is 39.5 Å². The van der Waals surface area contributed by atoms with Crippen LogP contribution in [0.2, 0.25) is 15.1 Å². The second kappa shape index (κ2) is 12.9. The molecule has 1 saturated heterocycles. The topological polar surface area (TPSA) is 15.7 Å². The molecule has 0 aliphatic carbocycles. The van der Waals surface area contributed by atoms with Gasteiger partial charge in [0.05, 0.1) is 18.8 Å². The smallest absolute Gasteiger partial charge is 0.124 e. The number of anilines is 1. The van der Waals surface area contributed by atoms with Crippen LogP contribution in [-0.2, 0) is 6.54 Å². The first-order chi connectivity index (χ1) is 16.6. The highest BCUT2D eigenvalue weighted by Crippen LogP contribution is 2.36. The molecule has 0 amide bonds. The third-order valence-corrected chi connectivity index (χ3v) is 7.51. The van der Waals surface area contributed by atoms with Gasteiger partial charge < -0.3 is 13.9 Å². The number of likely N-dealkylation sites (tertiary alicyclic amines) is 1. The summed E-state index contributed by atoms with van der Waals surface area (Å²) in [6.07, 6.45) is 5.03. The van der Waals surface area contributed by atoms with Crippen LogP contribution in [0.5, 0.6) is 5.75 Å². The molecular formula is C27H29Cl3N2OS. The molecule has 0 bridgehead atoms. The van der Waals surface area contributed by atoms with Gasteiger partial charge in [-0.1, -0.05) is 59.4 Å². The summed E-state index contributed by atoms with van der Waals surface area (Å²) >= 11 is 20.4. The molecule has 3 aromatic rings. The SMILES string of the molecule is Clc1ccc(SN(Cc2ccccc2OCCCN2CCCCC2)c2cc(Cl)cc(Cl)c2)cc1. The second-order valence-corrected chi connectivity index (χ2v) is 10.8. The minimum Gasteiger partial charge on any atom is -0.493 e. The van der Waals surface area contributed by atoms with Gasteiger partial charge in [0.25, 0.3) is 0 Å². The van der Waals surface area contributed by atoms with E-state index in [9.17, 15) is 0 Å². The van der Waals surface area contributed by atoms with Crippen molar-refractivity contribution in [2.24, 2.45) is 0 Å². The van der Waals surface area contributed by atoms with E-state index in [0.29, 0.717) is 28.2 Å². The molecule has 4 rings (SSSR count). The molecule has 3 nitrogen and oxygen atoms in total. The second-order valence-electron chi connectivity index (χ2n) is 8.42. The fourth-order valence-corrected chi connectivity index (χ4v) is 5.63. The molecule has 180 valence electrons. The van der Waals surface area contributed by atoms with Gasteiger partial charge in [-0.2, -0.15) is 0 Å². The normalized spacial score (nSPS) is 14.2. The molecule has 0 aromatic heterocycles. The highest BCUT2D eigenvalue weighted by atomic mass is 35.5. The Bertz CT molecular complexity index is 1040. The minimum absolute atomic E-state index is 0.603. The lowest BCUT2D eigenvalue weighted by molar-refractivity contribution is 0.204. The van der Waals surface area contributed by atoms with E-state index in [1.165, 1.54) is 32.4 Å². The standard InChI is InChI=1S/C27H29Cl3N2OS/c28-22-9-11-26(12-10-22)34-32(25-18-23(29)17-24(30)19-25)20-21-7-2-3-8-27(21)33-16-6-15-31-13-4-1-5-14-31/h2-3,7-12,17-19H,1,4-6,13-16,20H2. The van der Waals surface area contributed by atoms with E-state index in [0.717, 1.165) is 34.9 Å². The summed E-state index contributed by atoms with van der Waals surface area (Å²) in [5.41, 5.74) is 2.04. The Hall–Kier alpha value is -1.56. The lowest BCUT2D eigenvalue weighted by Crippen LogP contribution is -2.31. The molecule has 1 aliphatic heterocycles. The number of ether oxygens (including phenoxy) is 1. The van der Waals surface area contributed by atoms with E-state index in [1.54, 1.807) is 18.0 Å². The van der Waals surface area contributed by atoms with Crippen molar-refractivity contribution in [1.29, 1.82) is 0 Å². The van der Waals surface area contributed by atoms with E-state index in [-0.39, 0.29) is 0 Å². The Labute approximate surface area is 222 Å². The van der Waals surface area contributed by atoms with Crippen LogP contribution < -0.4 is 9.04 Å². The van der Waals surface area contributed by atoms with Crippen molar-refractivity contribution >= 4 is 52.4 Å². The molecule has 1 fully saturated rings. The molecule has 0 atom stereocenters. The fraction of sp³-hybridized carbons (Fsp3) is 0.333. The largest absolute Gasteiger partial charge is 0.493 e. The summed E-state index contributed by atoms with van der Waals surface area (Å²) in [6, 6.07) is 21.6. The van der Waals surface area contributed by atoms with Crippen molar-refractivity contribution in [3.05, 3.63) is 87.4 Å². The van der Waals surface area contributed by atoms with E-state index in [1.807, 2.05) is 54.6 Å². The highest BCUT2D eigenvalue weighted by Gasteiger charge is 2.15. The summed E-state index contributed by atoms with van der Waals surface area (Å²) in [7, 11) is 0. The summed E-state index contributed by atoms with van der Waals surface area (Å²) in [4.78, 5) is 3.62. The van der Waals surface area contributed by atoms with Crippen molar-refractivity contribution in [2.45, 2.75) is 37.1 Å². The first kappa shape index (κ1) is 25.5. The van der Waals surface area contributed by atoms with Crippen molar-refractivity contribution in [3.8, 4) is 5.75 Å². The number of piperidine rings is 1. The zero-order valence-corrected chi connectivity index (χ0v) is 22.1. The van der Waals surface area contributed by atoms with Gasteiger partial charge in [-0.25, -0.2) is 0 Å². The number of nitrogens with zero attached hydrogens (tertiary/aromatic N) is 2. The summed E-state index contributed by atoms with van der Waals surface area (Å²) in [6.45, 7) is 4.88. The number of para-hydroxylation sites is 1. The average Bonchev–Trinajstić information content (AvgIpc) is 2.84. The Morgan fingerprint density at radius 3 is 2.26 bits per heavy atom. The van der Waals surface area contributed by atoms with Crippen LogP contribution >= 0.6 is 46.8 Å². The highest BCUT2D eigenvalue weighted by molar-refractivity contribution is 8.00. The van der Waals surface area contributed by atoms with Crippen LogP contribution in [0.4, 0.5) is 5.69 Å². The zero-order valence-electron chi connectivity index (χ0n) is 19.1. The molecule has 1 heterocycles. The van der Waals surface area contributed by atoms with Crippen LogP contribution in [0.1, 0.15) is 31.2 Å². The quantitative estimate of drug-likeness (QED) is 0.191. The molecule has 0 radical (unpaired) electrons. The lowest BCUT2D eigenvalue weighted by atomic mass is 10.1. The van der Waals surface area contributed by atoms with Gasteiger partial charge in [-0.15, -0.1) is 0 Å². The minimum atomic E-state index is 0.603. The number of hydrogen-bond acceptors (Lipinski definition) is 4. The van der Waals surface area contributed by atoms with Gasteiger partial charge in [0.1, 0.15) is 5.75 Å². The van der Waals surface area contributed by atoms with Crippen LogP contribution in [0.15, 0.2) is 71.6 Å². The van der Waals surface area contributed by atoms with Gasteiger partial charge in [-0.05, 0) is 92.8 Å². The first-order valence-electron chi connectivity index (χ1n) is 11.7. The van der Waals surface area contributed by atoms with Gasteiger partial charge in [0, 0.05) is 32.1 Å². The number of rotatable bonds is 10. The molecule has 0 unspecified atom stereocenters. The lowest BCUT2D eigenvalue weighted by Gasteiger charge is -2.26. The molecular weight excluding hydrogens is 507 g/mol. The predicted molar refractivity (Wildman–Crippen MR) is 147 cm³/mol. The van der Waals surface area contributed by atoms with E-state index < -0.39 is 0 Å². The molecule has 0 N–H and O–H groups in total. The average molecular weight is 536 g/mol. The molecule has 3 aromatic carbocycles. The maximum absolute atomic E-state index is 6.33. The predicted octanol–water partition coefficient (Wildman–Crippen LogP) is 8.62. The number of hydrogen-bond donors (Lipinski definition) is 0. The Balaban J connectivity index is 1.47. The number of halogens is 3. The molecule has 0 spiro atoms. The molecule has 34 heavy (non-hydrogen) atoms. The Kier molecular flexibility index (Phi) is 9.72. The van der Waals surface area contributed by atoms with Crippen molar-refractivity contribution in [3.63, 3.8) is 0 Å². The van der Waals surface area contributed by atoms with Crippen molar-refractivity contribution in [1.82, 2.24) is 4.90 Å². The van der Waals surface area contributed by atoms with Crippen LogP contribution in [0.25, 0.3) is 0 Å². The Morgan fingerprint density at radius 1 is 0.824 bits per heavy atom. The van der Waals surface area contributed by atoms with Gasteiger partial charge >= 0.3 is 0 Å². The maximum atomic E-state index is 6.33. The van der Waals surface area contributed by atoms with E-state index in [2.05, 4.69) is 15.3 Å². The van der Waals surface area contributed by atoms with Crippen LogP contribution in [0.3, 0.4) is 0 Å². The summed E-state index contributed by atoms with van der Waals surface area (Å²) < 4.78 is 8.42. The molecule has 7 heteroatoms. The molecule has 0 saturated carbocycles. The number of benzene rings is 3. The van der Waals surface area contributed by atoms with Gasteiger partial charge in [0.2, 0.25) is 0 Å². The van der Waals surface area contributed by atoms with E-state index >= 15 is 0 Å². The van der Waals surface area contributed by atoms with Crippen LogP contribution in [-0.4, -0.2) is 31.1 Å². The van der Waals surface area contributed by atoms with Gasteiger partial charge in [0.15, 0.2) is 0 Å². The third kappa shape index (κ3) is 7.73. The fourth-order valence-electron chi connectivity index (χ4n) is 4.07. The first-order valence-corrected chi connectivity index (χ1v) is 13.6. The summed E-state index contributed by atoms with van der Waals surface area (Å²) in [5, 5.41) is 1.92. The summed E-state index contributed by atoms with van der Waals surface area (Å²) in [5.74, 6) is 0.913. The van der Waals surface area contributed by atoms with Crippen molar-refractivity contribution in [2.75, 3.05) is 30.5 Å². The van der Waals surface area contributed by atoms with Crippen LogP contribution in [0, 0.1) is 0 Å². The zero-order chi connectivity index (χ0) is 23.8. The molecule has 1 aliphatic rings. The monoisotopic (exact) mass is 534 g/mol. The third-order valence-electron chi connectivity index (χ3n) is 5.78. The maximum Gasteiger partial charge on any atom is 0.124 e. The Morgan fingerprint density at radius 2 is 1.53 bits per heavy atom. The van der Waals surface area contributed by atoms with Crippen molar-refractivity contribution < 1.29 is 4.74 Å². The van der Waals surface area contributed by atoms with Gasteiger partial charge in [-0.3, -0.25) is 0 Å².